The lowest BCUT2D eigenvalue weighted by Gasteiger charge is -2.27. The summed E-state index contributed by atoms with van der Waals surface area (Å²) >= 11 is 0. The van der Waals surface area contributed by atoms with E-state index in [0.717, 1.165) is 11.1 Å². The van der Waals surface area contributed by atoms with Gasteiger partial charge in [0, 0.05) is 17.5 Å². The van der Waals surface area contributed by atoms with Crippen molar-refractivity contribution in [1.29, 1.82) is 5.41 Å². The number of amides is 1. The summed E-state index contributed by atoms with van der Waals surface area (Å²) in [6.07, 6.45) is 0.295. The molecule has 0 radical (unpaired) electrons. The number of esters is 1. The SMILES string of the molecule is COC(=O)C1C(C=N)=C(N)CN1C(=O)OC(C)(C)C. The van der Waals surface area contributed by atoms with Crippen LogP contribution in [0.4, 0.5) is 4.79 Å². The molecule has 19 heavy (non-hydrogen) atoms. The zero-order valence-corrected chi connectivity index (χ0v) is 11.5. The molecule has 1 aliphatic rings. The average Bonchev–Trinajstić information content (AvgIpc) is 2.63. The molecule has 0 fully saturated rings. The number of ether oxygens (including phenoxy) is 2. The van der Waals surface area contributed by atoms with Crippen LogP contribution in [0.15, 0.2) is 11.3 Å². The standard InChI is InChI=1S/C12H19N3O4/c1-12(2,3)19-11(17)15-6-8(14)7(5-13)9(15)10(16)18-4/h5,9,13H,6,14H2,1-4H3. The minimum Gasteiger partial charge on any atom is -0.467 e. The number of rotatable bonds is 2. The maximum atomic E-state index is 12.0. The van der Waals surface area contributed by atoms with E-state index in [9.17, 15) is 9.59 Å². The van der Waals surface area contributed by atoms with Crippen molar-refractivity contribution in [2.24, 2.45) is 5.73 Å². The van der Waals surface area contributed by atoms with Gasteiger partial charge in [-0.2, -0.15) is 0 Å². The molecule has 1 rings (SSSR count). The third-order valence-corrected chi connectivity index (χ3v) is 2.53. The lowest BCUT2D eigenvalue weighted by Crippen LogP contribution is -2.45. The van der Waals surface area contributed by atoms with E-state index in [0.29, 0.717) is 0 Å². The van der Waals surface area contributed by atoms with Crippen LogP contribution in [0.2, 0.25) is 0 Å². The molecule has 0 spiro atoms. The Morgan fingerprint density at radius 1 is 1.47 bits per heavy atom. The molecular formula is C12H19N3O4. The van der Waals surface area contributed by atoms with Crippen molar-refractivity contribution in [3.05, 3.63) is 11.3 Å². The predicted octanol–water partition coefficient (Wildman–Crippen LogP) is 0.641. The highest BCUT2D eigenvalue weighted by atomic mass is 16.6. The number of carbonyl (C=O) groups excluding carboxylic acids is 2. The third-order valence-electron chi connectivity index (χ3n) is 2.53. The van der Waals surface area contributed by atoms with Crippen LogP contribution in [0.5, 0.6) is 0 Å². The molecule has 106 valence electrons. The van der Waals surface area contributed by atoms with E-state index >= 15 is 0 Å². The van der Waals surface area contributed by atoms with E-state index in [2.05, 4.69) is 4.74 Å². The predicted molar refractivity (Wildman–Crippen MR) is 68.7 cm³/mol. The second-order valence-corrected chi connectivity index (χ2v) is 5.16. The van der Waals surface area contributed by atoms with Crippen LogP contribution >= 0.6 is 0 Å². The summed E-state index contributed by atoms with van der Waals surface area (Å²) in [7, 11) is 1.21. The van der Waals surface area contributed by atoms with Crippen LogP contribution < -0.4 is 5.73 Å². The van der Waals surface area contributed by atoms with Gasteiger partial charge in [-0.25, -0.2) is 9.59 Å². The topological polar surface area (TPSA) is 106 Å². The second kappa shape index (κ2) is 5.29. The number of hydrogen-bond donors (Lipinski definition) is 2. The Hall–Kier alpha value is -2.05. The van der Waals surface area contributed by atoms with E-state index in [1.54, 1.807) is 20.8 Å². The van der Waals surface area contributed by atoms with Crippen LogP contribution in [0.25, 0.3) is 0 Å². The van der Waals surface area contributed by atoms with Crippen molar-refractivity contribution in [3.8, 4) is 0 Å². The summed E-state index contributed by atoms with van der Waals surface area (Å²) in [6.45, 7) is 5.21. The Labute approximate surface area is 111 Å². The van der Waals surface area contributed by atoms with Crippen molar-refractivity contribution >= 4 is 18.3 Å². The molecule has 0 aromatic rings. The fraction of sp³-hybridized carbons (Fsp3) is 0.583. The van der Waals surface area contributed by atoms with Gasteiger partial charge >= 0.3 is 12.1 Å². The Morgan fingerprint density at radius 2 is 2.05 bits per heavy atom. The molecule has 3 N–H and O–H groups in total. The van der Waals surface area contributed by atoms with Crippen LogP contribution in [0.3, 0.4) is 0 Å². The van der Waals surface area contributed by atoms with E-state index in [1.807, 2.05) is 0 Å². The first-order chi connectivity index (χ1) is 8.71. The summed E-state index contributed by atoms with van der Waals surface area (Å²) in [5, 5.41) is 7.29. The van der Waals surface area contributed by atoms with E-state index < -0.39 is 23.7 Å². The van der Waals surface area contributed by atoms with Crippen LogP contribution in [-0.4, -0.2) is 48.5 Å². The quantitative estimate of drug-likeness (QED) is 0.565. The smallest absolute Gasteiger partial charge is 0.411 e. The molecule has 0 saturated carbocycles. The maximum absolute atomic E-state index is 12.0. The van der Waals surface area contributed by atoms with Crippen LogP contribution in [0, 0.1) is 5.41 Å². The highest BCUT2D eigenvalue weighted by molar-refractivity contribution is 5.95. The summed E-state index contributed by atoms with van der Waals surface area (Å²) in [5.41, 5.74) is 5.60. The third kappa shape index (κ3) is 3.24. The summed E-state index contributed by atoms with van der Waals surface area (Å²) in [5.74, 6) is -0.648. The van der Waals surface area contributed by atoms with Gasteiger partial charge in [0.05, 0.1) is 13.7 Å². The number of nitrogens with zero attached hydrogens (tertiary/aromatic N) is 1. The van der Waals surface area contributed by atoms with Gasteiger partial charge in [0.1, 0.15) is 5.60 Å². The Kier molecular flexibility index (Phi) is 4.18. The average molecular weight is 269 g/mol. The van der Waals surface area contributed by atoms with Crippen molar-refractivity contribution in [2.75, 3.05) is 13.7 Å². The van der Waals surface area contributed by atoms with Gasteiger partial charge in [0.15, 0.2) is 6.04 Å². The number of nitrogens with two attached hydrogens (primary N) is 1. The molecule has 1 heterocycles. The maximum Gasteiger partial charge on any atom is 0.411 e. The van der Waals surface area contributed by atoms with Gasteiger partial charge in [-0.05, 0) is 20.8 Å². The fourth-order valence-electron chi connectivity index (χ4n) is 1.74. The summed E-state index contributed by atoms with van der Waals surface area (Å²) in [4.78, 5) is 24.9. The number of methoxy groups -OCH3 is 1. The molecule has 0 bridgehead atoms. The second-order valence-electron chi connectivity index (χ2n) is 5.16. The van der Waals surface area contributed by atoms with E-state index in [1.165, 1.54) is 7.11 Å². The summed E-state index contributed by atoms with van der Waals surface area (Å²) < 4.78 is 9.85. The molecule has 7 heteroatoms. The van der Waals surface area contributed by atoms with Gasteiger partial charge in [-0.1, -0.05) is 0 Å². The molecule has 1 amide bonds. The van der Waals surface area contributed by atoms with E-state index in [-0.39, 0.29) is 17.8 Å². The molecule has 1 unspecified atom stereocenters. The Morgan fingerprint density at radius 3 is 2.47 bits per heavy atom. The molecule has 1 aliphatic heterocycles. The van der Waals surface area contributed by atoms with Crippen molar-refractivity contribution in [2.45, 2.75) is 32.4 Å². The fourth-order valence-corrected chi connectivity index (χ4v) is 1.74. The molecule has 0 saturated heterocycles. The normalized spacial score (nSPS) is 19.4. The van der Waals surface area contributed by atoms with Crippen LogP contribution in [0.1, 0.15) is 20.8 Å². The highest BCUT2D eigenvalue weighted by Crippen LogP contribution is 2.24. The molecule has 1 atom stereocenters. The summed E-state index contributed by atoms with van der Waals surface area (Å²) in [6, 6.07) is -1.02. The van der Waals surface area contributed by atoms with Crippen LogP contribution in [-0.2, 0) is 14.3 Å². The first-order valence-electron chi connectivity index (χ1n) is 5.77. The van der Waals surface area contributed by atoms with Crippen molar-refractivity contribution in [3.63, 3.8) is 0 Å². The minimum absolute atomic E-state index is 0.0411. The molecule has 7 nitrogen and oxygen atoms in total. The molecule has 0 aromatic carbocycles. The first kappa shape index (κ1) is 15.0. The van der Waals surface area contributed by atoms with Gasteiger partial charge in [0.2, 0.25) is 0 Å². The minimum atomic E-state index is -1.02. The van der Waals surface area contributed by atoms with Gasteiger partial charge < -0.3 is 20.6 Å². The Bertz CT molecular complexity index is 437. The Balaban J connectivity index is 3.00. The van der Waals surface area contributed by atoms with Crippen molar-refractivity contribution in [1.82, 2.24) is 4.90 Å². The highest BCUT2D eigenvalue weighted by Gasteiger charge is 2.41. The number of carbonyl (C=O) groups is 2. The monoisotopic (exact) mass is 269 g/mol. The number of hydrogen-bond acceptors (Lipinski definition) is 6. The van der Waals surface area contributed by atoms with E-state index in [4.69, 9.17) is 15.9 Å². The zero-order valence-electron chi connectivity index (χ0n) is 11.5. The van der Waals surface area contributed by atoms with Gasteiger partial charge in [0.25, 0.3) is 0 Å². The molecular weight excluding hydrogens is 250 g/mol. The zero-order chi connectivity index (χ0) is 14.8. The van der Waals surface area contributed by atoms with Gasteiger partial charge in [-0.15, -0.1) is 0 Å². The first-order valence-corrected chi connectivity index (χ1v) is 5.77. The molecule has 0 aliphatic carbocycles. The lowest BCUT2D eigenvalue weighted by molar-refractivity contribution is -0.144. The molecule has 0 aromatic heterocycles. The largest absolute Gasteiger partial charge is 0.467 e. The van der Waals surface area contributed by atoms with Gasteiger partial charge in [-0.3, -0.25) is 4.90 Å². The van der Waals surface area contributed by atoms with Crippen molar-refractivity contribution < 1.29 is 19.1 Å². The number of nitrogens with one attached hydrogen (secondary N) is 1. The lowest BCUT2D eigenvalue weighted by atomic mass is 10.1.